The number of carboxylic acids is 2. The van der Waals surface area contributed by atoms with E-state index in [4.69, 9.17) is 25.4 Å². The molecule has 10 unspecified atom stereocenters. The van der Waals surface area contributed by atoms with Gasteiger partial charge >= 0.3 is 19.8 Å². The number of hydrogen-bond donors (Lipinski definition) is 11. The maximum Gasteiger partial charge on any atom is 0.473 e. The average molecular weight is 759 g/mol. The first-order chi connectivity index (χ1) is 24.4. The number of aliphatic carboxylic acids is 2. The number of ether oxygens (including phenoxy) is 2. The van der Waals surface area contributed by atoms with Crippen LogP contribution in [-0.4, -0.2) is 135 Å². The molecule has 12 N–H and O–H groups in total. The zero-order valence-electron chi connectivity index (χ0n) is 27.3. The number of carbonyl (C=O) groups is 2. The highest BCUT2D eigenvalue weighted by molar-refractivity contribution is 7.47. The van der Waals surface area contributed by atoms with Gasteiger partial charge in [0.05, 0.1) is 37.3 Å². The van der Waals surface area contributed by atoms with Gasteiger partial charge in [0.15, 0.2) is 23.6 Å². The van der Waals surface area contributed by atoms with Crippen LogP contribution in [0, 0.1) is 0 Å². The number of nitrogen functional groups attached to an aromatic ring is 1. The lowest BCUT2D eigenvalue weighted by atomic mass is 10.0. The van der Waals surface area contributed by atoms with Gasteiger partial charge in [-0.15, -0.1) is 0 Å². The molecular weight excluding hydrogens is 719 g/mol. The van der Waals surface area contributed by atoms with Crippen molar-refractivity contribution in [2.45, 2.75) is 81.2 Å². The smallest absolute Gasteiger partial charge is 0.473 e. The van der Waals surface area contributed by atoms with Crippen LogP contribution in [0.3, 0.4) is 0 Å². The molecule has 3 heterocycles. The van der Waals surface area contributed by atoms with Crippen LogP contribution < -0.4 is 16.6 Å². The zero-order valence-corrected chi connectivity index (χ0v) is 28.2. The second-order valence-corrected chi connectivity index (χ2v) is 13.2. The molecule has 0 aliphatic carbocycles. The second kappa shape index (κ2) is 17.6. The molecule has 23 heteroatoms. The normalized spacial score (nSPS) is 23.0. The molecule has 0 radical (unpaired) electrons. The molecule has 0 spiro atoms. The topological polar surface area (TPSA) is 360 Å². The van der Waals surface area contributed by atoms with Crippen molar-refractivity contribution in [3.8, 4) is 0 Å². The lowest BCUT2D eigenvalue weighted by molar-refractivity contribution is -0.192. The minimum Gasteiger partial charge on any atom is -0.481 e. The molecule has 1 aliphatic heterocycles. The third-order valence-electron chi connectivity index (χ3n) is 7.78. The number of nitrogens with zero attached hydrogens (tertiary/aromatic N) is 3. The monoisotopic (exact) mass is 758 g/mol. The van der Waals surface area contributed by atoms with Gasteiger partial charge < -0.3 is 61.2 Å². The van der Waals surface area contributed by atoms with Crippen LogP contribution in [-0.2, 0) is 39.1 Å². The molecule has 1 fully saturated rings. The van der Waals surface area contributed by atoms with Crippen LogP contribution in [0.5, 0.6) is 0 Å². The molecule has 1 aromatic carbocycles. The summed E-state index contributed by atoms with van der Waals surface area (Å²) in [6.07, 6.45) is -13.5. The molecule has 0 bridgehead atoms. The minimum atomic E-state index is -5.11. The average Bonchev–Trinajstić information content (AvgIpc) is 3.36. The second-order valence-electron chi connectivity index (χ2n) is 11.8. The summed E-state index contributed by atoms with van der Waals surface area (Å²) in [5.74, 6) is -3.17. The number of aromatic nitrogens is 4. The molecule has 0 amide bonds. The number of carboxylic acid groups (broad SMARTS) is 2. The molecule has 0 saturated carbocycles. The number of aliphatic hydroxyl groups excluding tert-OH is 5. The quantitative estimate of drug-likeness (QED) is 0.0589. The van der Waals surface area contributed by atoms with E-state index in [9.17, 15) is 49.4 Å². The van der Waals surface area contributed by atoms with E-state index in [1.165, 1.54) is 6.20 Å². The Morgan fingerprint density at radius 2 is 1.79 bits per heavy atom. The Hall–Kier alpha value is -4.19. The number of phosphoric acid groups is 1. The van der Waals surface area contributed by atoms with Gasteiger partial charge in [0.25, 0.3) is 5.56 Å². The highest BCUT2D eigenvalue weighted by Gasteiger charge is 2.45. The number of hydrogen-bond acceptors (Lipinski definition) is 18. The number of rotatable bonds is 19. The van der Waals surface area contributed by atoms with Crippen molar-refractivity contribution >= 4 is 42.6 Å². The van der Waals surface area contributed by atoms with Crippen LogP contribution in [0.2, 0.25) is 0 Å². The molecule has 1 saturated heterocycles. The number of nitrogens with two attached hydrogens (primary N) is 1. The van der Waals surface area contributed by atoms with Gasteiger partial charge in [-0.1, -0.05) is 12.1 Å². The Kier molecular flexibility index (Phi) is 13.7. The lowest BCUT2D eigenvalue weighted by Gasteiger charge is -2.25. The Labute approximate surface area is 293 Å². The first kappa shape index (κ1) is 40.6. The summed E-state index contributed by atoms with van der Waals surface area (Å²) in [5, 5.41) is 73.0. The number of benzene rings is 1. The fourth-order valence-corrected chi connectivity index (χ4v) is 5.87. The van der Waals surface area contributed by atoms with Crippen molar-refractivity contribution in [2.75, 3.05) is 24.3 Å². The van der Waals surface area contributed by atoms with Gasteiger partial charge in [0.2, 0.25) is 5.95 Å². The Balaban J connectivity index is 1.23. The van der Waals surface area contributed by atoms with Crippen LogP contribution in [0.4, 0.5) is 11.6 Å². The van der Waals surface area contributed by atoms with Crippen molar-refractivity contribution in [1.82, 2.24) is 19.9 Å². The third-order valence-corrected chi connectivity index (χ3v) is 8.77. The number of fused-ring (bicyclic) bond motifs is 1. The molecule has 52 heavy (non-hydrogen) atoms. The van der Waals surface area contributed by atoms with E-state index in [-0.39, 0.29) is 29.6 Å². The molecule has 2 aromatic heterocycles. The summed E-state index contributed by atoms with van der Waals surface area (Å²) >= 11 is 0. The van der Waals surface area contributed by atoms with E-state index >= 15 is 0 Å². The van der Waals surface area contributed by atoms with Crippen molar-refractivity contribution in [2.24, 2.45) is 0 Å². The maximum absolute atomic E-state index is 12.2. The maximum atomic E-state index is 12.2. The summed E-state index contributed by atoms with van der Waals surface area (Å²) in [6, 6.07) is 6.34. The largest absolute Gasteiger partial charge is 0.481 e. The fourth-order valence-electron chi connectivity index (χ4n) is 4.95. The van der Waals surface area contributed by atoms with E-state index < -0.39 is 100 Å². The predicted octanol–water partition coefficient (Wildman–Crippen LogP) is -1.99. The summed E-state index contributed by atoms with van der Waals surface area (Å²) in [7, 11) is -5.11. The highest BCUT2D eigenvalue weighted by atomic mass is 31.2. The Morgan fingerprint density at radius 1 is 1.10 bits per heavy atom. The van der Waals surface area contributed by atoms with Gasteiger partial charge in [0, 0.05) is 18.5 Å². The van der Waals surface area contributed by atoms with E-state index in [0.717, 1.165) is 0 Å². The third kappa shape index (κ3) is 10.9. The van der Waals surface area contributed by atoms with E-state index in [1.807, 2.05) is 0 Å². The fraction of sp³-hybridized carbons (Fsp3) is 0.517. The van der Waals surface area contributed by atoms with Crippen molar-refractivity contribution < 1.29 is 73.3 Å². The van der Waals surface area contributed by atoms with E-state index in [2.05, 4.69) is 34.3 Å². The minimum absolute atomic E-state index is 0.0307. The summed E-state index contributed by atoms with van der Waals surface area (Å²) < 4.78 is 31.9. The number of anilines is 2. The van der Waals surface area contributed by atoms with Gasteiger partial charge in [-0.2, -0.15) is 4.98 Å². The summed E-state index contributed by atoms with van der Waals surface area (Å²) in [5.41, 5.74) is 6.84. The molecule has 4 rings (SSSR count). The first-order valence-electron chi connectivity index (χ1n) is 15.6. The highest BCUT2D eigenvalue weighted by Crippen LogP contribution is 2.46. The van der Waals surface area contributed by atoms with Crippen molar-refractivity contribution in [3.63, 3.8) is 0 Å². The Bertz CT molecular complexity index is 1800. The number of nitrogens with one attached hydrogen (secondary N) is 2. The molecule has 3 aromatic rings. The van der Waals surface area contributed by atoms with Gasteiger partial charge in [-0.25, -0.2) is 19.3 Å². The van der Waals surface area contributed by atoms with E-state index in [1.54, 1.807) is 31.2 Å². The summed E-state index contributed by atoms with van der Waals surface area (Å²) in [6.45, 7) is 0.201. The van der Waals surface area contributed by atoms with Gasteiger partial charge in [-0.05, 0) is 31.0 Å². The summed E-state index contributed by atoms with van der Waals surface area (Å²) in [4.78, 5) is 58.7. The SMILES string of the molecule is CC(Nc1ccc(CC(O)C(O)C(O)COC2OC(COP(=O)(O)OC(CCC(=O)O)C(=O)O)C(O)C2O)cc1)c1cnc2nc(N)[nH]c(=O)c2n1. The van der Waals surface area contributed by atoms with Gasteiger partial charge in [-0.3, -0.25) is 23.6 Å². The molecule has 1 aliphatic rings. The van der Waals surface area contributed by atoms with Crippen LogP contribution in [0.25, 0.3) is 11.2 Å². The van der Waals surface area contributed by atoms with Gasteiger partial charge in [0.1, 0.15) is 30.5 Å². The molecule has 10 atom stereocenters. The van der Waals surface area contributed by atoms with Crippen LogP contribution in [0.15, 0.2) is 35.3 Å². The van der Waals surface area contributed by atoms with Crippen molar-refractivity contribution in [3.05, 3.63) is 52.1 Å². The van der Waals surface area contributed by atoms with Crippen LogP contribution >= 0.6 is 7.82 Å². The van der Waals surface area contributed by atoms with Crippen molar-refractivity contribution in [1.29, 1.82) is 0 Å². The zero-order chi connectivity index (χ0) is 38.3. The molecule has 286 valence electrons. The standard InChI is InChI=1S/C29H39N6O16P/c1-12(15-9-31-25-21(33-15)26(43)35-29(30)34-25)32-14-4-2-13(3-5-14)8-16(36)22(40)17(37)10-48-28-24(42)23(41)19(50-28)11-49-52(46,47)51-18(27(44)45)6-7-20(38)39/h2-5,9,12,16-19,22-24,28,32,36-37,40-42H,6-8,10-11H2,1H3,(H,38,39)(H,44,45)(H,46,47)(H3,30,31,34,35,43). The van der Waals surface area contributed by atoms with E-state index in [0.29, 0.717) is 16.9 Å². The lowest BCUT2D eigenvalue weighted by Crippen LogP contribution is -2.43. The number of aromatic amines is 1. The molecular formula is C29H39N6O16P. The Morgan fingerprint density at radius 3 is 2.44 bits per heavy atom. The number of aliphatic hydroxyl groups is 5. The first-order valence-corrected chi connectivity index (χ1v) is 17.1. The molecule has 22 nitrogen and oxygen atoms in total. The number of H-pyrrole nitrogens is 1. The predicted molar refractivity (Wildman–Crippen MR) is 174 cm³/mol. The van der Waals surface area contributed by atoms with Crippen LogP contribution in [0.1, 0.15) is 37.1 Å². The number of phosphoric ester groups is 1.